The van der Waals surface area contributed by atoms with Crippen LogP contribution in [0.4, 0.5) is 0 Å². The van der Waals surface area contributed by atoms with Crippen molar-refractivity contribution in [1.82, 2.24) is 14.4 Å². The number of rotatable bonds is 4. The van der Waals surface area contributed by atoms with Crippen molar-refractivity contribution in [3.05, 3.63) is 157 Å². The Morgan fingerprint density at radius 1 is 0.585 bits per heavy atom. The first-order valence-electron chi connectivity index (χ1n) is 17.7. The number of benzene rings is 6. The molecule has 6 aromatic carbocycles. The van der Waals surface area contributed by atoms with Gasteiger partial charge in [0.1, 0.15) is 5.75 Å². The quantitative estimate of drug-likeness (QED) is 0.179. The van der Waals surface area contributed by atoms with Crippen LogP contribution in [0, 0.1) is 6.07 Å². The molecule has 0 aliphatic heterocycles. The third-order valence-electron chi connectivity index (χ3n) is 10.5. The van der Waals surface area contributed by atoms with Gasteiger partial charge in [0.2, 0.25) is 0 Å². The summed E-state index contributed by atoms with van der Waals surface area (Å²) >= 11 is 0. The average molecular weight is 864 g/mol. The van der Waals surface area contributed by atoms with Crippen LogP contribution in [0.1, 0.15) is 26.3 Å². The molecule has 0 unspecified atom stereocenters. The van der Waals surface area contributed by atoms with E-state index in [1.165, 1.54) is 21.7 Å². The number of hydrogen-bond donors (Lipinski definition) is 1. The smallest absolute Gasteiger partial charge is 0.135 e. The van der Waals surface area contributed by atoms with E-state index in [1.54, 1.807) is 0 Å². The summed E-state index contributed by atoms with van der Waals surface area (Å²) in [6.45, 7) is 6.67. The van der Waals surface area contributed by atoms with E-state index in [0.717, 1.165) is 66.4 Å². The molecule has 4 nitrogen and oxygen atoms in total. The first-order valence-corrected chi connectivity index (χ1v) is 17.7. The Balaban J connectivity index is 0.00000372. The monoisotopic (exact) mass is 863 g/mol. The van der Waals surface area contributed by atoms with Gasteiger partial charge < -0.3 is 9.51 Å². The van der Waals surface area contributed by atoms with E-state index in [2.05, 4.69) is 134 Å². The second-order valence-electron chi connectivity index (χ2n) is 14.7. The van der Waals surface area contributed by atoms with Gasteiger partial charge in [0.25, 0.3) is 0 Å². The molecular formula is C48H34N3OPt-. The van der Waals surface area contributed by atoms with E-state index in [1.807, 2.05) is 42.6 Å². The molecule has 10 rings (SSSR count). The summed E-state index contributed by atoms with van der Waals surface area (Å²) < 4.78 is 2.31. The Kier molecular flexibility index (Phi) is 7.73. The number of nitrogens with zero attached hydrogens (tertiary/aromatic N) is 3. The Morgan fingerprint density at radius 2 is 1.30 bits per heavy atom. The van der Waals surface area contributed by atoms with Gasteiger partial charge in [-0.25, -0.2) is 0 Å². The molecule has 53 heavy (non-hydrogen) atoms. The molecule has 0 radical (unpaired) electrons. The fraction of sp³-hybridized carbons (Fsp3) is 0.0833. The molecule has 0 saturated heterocycles. The van der Waals surface area contributed by atoms with Crippen molar-refractivity contribution in [2.24, 2.45) is 0 Å². The normalized spacial score (nSPS) is 12.0. The first-order chi connectivity index (χ1) is 25.3. The molecule has 0 spiro atoms. The molecule has 5 heteroatoms. The predicted octanol–water partition coefficient (Wildman–Crippen LogP) is 12.2. The van der Waals surface area contributed by atoms with Crippen molar-refractivity contribution >= 4 is 48.9 Å². The van der Waals surface area contributed by atoms with Gasteiger partial charge in [-0.2, -0.15) is 0 Å². The van der Waals surface area contributed by atoms with Gasteiger partial charge >= 0.3 is 0 Å². The molecule has 4 aromatic heterocycles. The fourth-order valence-corrected chi connectivity index (χ4v) is 7.92. The van der Waals surface area contributed by atoms with Crippen LogP contribution in [-0.2, 0) is 26.5 Å². The second kappa shape index (κ2) is 12.4. The third kappa shape index (κ3) is 5.23. The van der Waals surface area contributed by atoms with Crippen LogP contribution in [-0.4, -0.2) is 19.5 Å². The maximum absolute atomic E-state index is 12.2. The van der Waals surface area contributed by atoms with Crippen LogP contribution in [0.25, 0.3) is 93.8 Å². The van der Waals surface area contributed by atoms with Crippen molar-refractivity contribution in [3.8, 4) is 50.6 Å². The summed E-state index contributed by atoms with van der Waals surface area (Å²) in [5.74, 6) is 0.241. The number of para-hydroxylation sites is 1. The number of phenolic OH excluding ortho intramolecular Hbond substituents is 1. The van der Waals surface area contributed by atoms with Gasteiger partial charge in [-0.15, -0.1) is 23.8 Å². The van der Waals surface area contributed by atoms with Crippen LogP contribution in [0.15, 0.2) is 146 Å². The van der Waals surface area contributed by atoms with Crippen LogP contribution < -0.4 is 0 Å². The summed E-state index contributed by atoms with van der Waals surface area (Å²) in [7, 11) is 0. The molecule has 0 fully saturated rings. The van der Waals surface area contributed by atoms with Crippen LogP contribution in [0.3, 0.4) is 0 Å². The Bertz CT molecular complexity index is 3010. The largest absolute Gasteiger partial charge is 0.507 e. The van der Waals surface area contributed by atoms with Crippen LogP contribution >= 0.6 is 0 Å². The van der Waals surface area contributed by atoms with E-state index >= 15 is 0 Å². The van der Waals surface area contributed by atoms with E-state index < -0.39 is 0 Å². The van der Waals surface area contributed by atoms with Gasteiger partial charge in [-0.1, -0.05) is 129 Å². The Morgan fingerprint density at radius 3 is 2.11 bits per heavy atom. The number of aromatic hydroxyl groups is 1. The minimum atomic E-state index is -0.120. The molecule has 0 amide bonds. The first kappa shape index (κ1) is 33.0. The van der Waals surface area contributed by atoms with Crippen molar-refractivity contribution in [2.75, 3.05) is 0 Å². The topological polar surface area (TPSA) is 50.4 Å². The van der Waals surface area contributed by atoms with Crippen LogP contribution in [0.5, 0.6) is 5.75 Å². The molecule has 258 valence electrons. The summed E-state index contributed by atoms with van der Waals surface area (Å²) in [5.41, 5.74) is 11.4. The Hall–Kier alpha value is -5.83. The Labute approximate surface area is 322 Å². The minimum absolute atomic E-state index is 0. The van der Waals surface area contributed by atoms with Crippen molar-refractivity contribution in [2.45, 2.75) is 26.2 Å². The molecule has 10 aromatic rings. The molecule has 0 aliphatic rings. The zero-order valence-corrected chi connectivity index (χ0v) is 31.7. The molecule has 1 N–H and O–H groups in total. The van der Waals surface area contributed by atoms with Crippen molar-refractivity contribution in [3.63, 3.8) is 0 Å². The van der Waals surface area contributed by atoms with Gasteiger partial charge in [0.15, 0.2) is 0 Å². The van der Waals surface area contributed by atoms with Gasteiger partial charge in [-0.3, -0.25) is 9.97 Å². The van der Waals surface area contributed by atoms with Gasteiger partial charge in [0, 0.05) is 60.4 Å². The van der Waals surface area contributed by atoms with E-state index in [4.69, 9.17) is 9.97 Å². The zero-order chi connectivity index (χ0) is 35.1. The van der Waals surface area contributed by atoms with Crippen molar-refractivity contribution < 1.29 is 26.2 Å². The maximum Gasteiger partial charge on any atom is 0.135 e. The van der Waals surface area contributed by atoms with E-state index in [9.17, 15) is 5.11 Å². The molecule has 0 aliphatic carbocycles. The molecule has 0 bridgehead atoms. The molecule has 0 atom stereocenters. The average Bonchev–Trinajstić information content (AvgIpc) is 3.71. The summed E-state index contributed by atoms with van der Waals surface area (Å²) in [6.07, 6.45) is 1.87. The van der Waals surface area contributed by atoms with E-state index in [-0.39, 0.29) is 32.2 Å². The van der Waals surface area contributed by atoms with Crippen LogP contribution in [0.2, 0.25) is 0 Å². The number of aromatic nitrogens is 3. The zero-order valence-electron chi connectivity index (χ0n) is 29.5. The number of fused-ring (bicyclic) bond motifs is 8. The second-order valence-corrected chi connectivity index (χ2v) is 14.7. The summed E-state index contributed by atoms with van der Waals surface area (Å²) in [4.78, 5) is 10.1. The molecule has 0 saturated carbocycles. The third-order valence-corrected chi connectivity index (χ3v) is 10.5. The molecular weight excluding hydrogens is 830 g/mol. The fourth-order valence-electron chi connectivity index (χ4n) is 7.92. The number of hydrogen-bond acceptors (Lipinski definition) is 3. The summed E-state index contributed by atoms with van der Waals surface area (Å²) in [5, 5.41) is 18.8. The summed E-state index contributed by atoms with van der Waals surface area (Å²) in [6, 6.07) is 52.1. The predicted molar refractivity (Wildman–Crippen MR) is 215 cm³/mol. The number of pyridine rings is 2. The van der Waals surface area contributed by atoms with Crippen molar-refractivity contribution in [1.29, 1.82) is 0 Å². The minimum Gasteiger partial charge on any atom is -0.507 e. The maximum atomic E-state index is 12.2. The number of phenols is 1. The standard InChI is InChI=1S/C48H34N3O.Pt/c1-48(2,3)34-25-32(24-33(26-34)41-27-31(22-23-49-41)29-12-5-4-6-13-29)39-17-11-18-40(50-39)37-28-38-44-35-15-8-7-14-30(35)20-21-43(44)51-42-19-10-9-16-36(42)45(46(38)51)47(37)52;/h4-23,25-28,52H,1-3H3;/q-1;. The van der Waals surface area contributed by atoms with Gasteiger partial charge in [0.05, 0.1) is 27.6 Å². The molecule has 4 heterocycles. The van der Waals surface area contributed by atoms with E-state index in [0.29, 0.717) is 11.3 Å². The SMILES string of the molecule is CC(C)(C)c1cc(-c2cc(-c3ccccc3)ccn2)[c-]c(-c2cccc(-c3cc4c5c6ccccc6ccc5n5c6ccccc6c(c3O)c45)n2)c1.[Pt]. The van der Waals surface area contributed by atoms with Gasteiger partial charge in [-0.05, 0) is 57.6 Å².